The Morgan fingerprint density at radius 2 is 2.16 bits per heavy atom. The van der Waals surface area contributed by atoms with E-state index < -0.39 is 5.97 Å². The van der Waals surface area contributed by atoms with Gasteiger partial charge in [0.1, 0.15) is 5.01 Å². The molecule has 0 aliphatic heterocycles. The maximum atomic E-state index is 11.8. The van der Waals surface area contributed by atoms with E-state index in [1.54, 1.807) is 0 Å². The SMILES string of the molecule is CC1(NC(=O)NCc2nc(C(=O)O)cs2)CCCC1. The number of aromatic carboxylic acids is 1. The molecule has 0 aromatic carbocycles. The van der Waals surface area contributed by atoms with Gasteiger partial charge in [0.2, 0.25) is 0 Å². The van der Waals surface area contributed by atoms with Crippen molar-refractivity contribution in [2.45, 2.75) is 44.7 Å². The molecule has 0 atom stereocenters. The first kappa shape index (κ1) is 13.8. The van der Waals surface area contributed by atoms with Gasteiger partial charge < -0.3 is 15.7 Å². The lowest BCUT2D eigenvalue weighted by atomic mass is 10.0. The molecule has 0 spiro atoms. The number of thiazole rings is 1. The Bertz CT molecular complexity index is 480. The molecule has 1 fully saturated rings. The zero-order valence-electron chi connectivity index (χ0n) is 10.7. The van der Waals surface area contributed by atoms with E-state index in [0.717, 1.165) is 25.7 Å². The molecule has 1 aromatic rings. The summed E-state index contributed by atoms with van der Waals surface area (Å²) in [4.78, 5) is 26.3. The number of hydrogen-bond acceptors (Lipinski definition) is 4. The summed E-state index contributed by atoms with van der Waals surface area (Å²) in [5, 5.41) is 16.5. The van der Waals surface area contributed by atoms with Gasteiger partial charge in [0.05, 0.1) is 6.54 Å². The monoisotopic (exact) mass is 283 g/mol. The number of carbonyl (C=O) groups is 2. The largest absolute Gasteiger partial charge is 0.476 e. The number of carboxylic acids is 1. The van der Waals surface area contributed by atoms with Gasteiger partial charge in [-0.3, -0.25) is 0 Å². The van der Waals surface area contributed by atoms with Gasteiger partial charge in [-0.15, -0.1) is 11.3 Å². The number of nitrogens with zero attached hydrogens (tertiary/aromatic N) is 1. The van der Waals surface area contributed by atoms with Crippen LogP contribution >= 0.6 is 11.3 Å². The topological polar surface area (TPSA) is 91.3 Å². The van der Waals surface area contributed by atoms with Gasteiger partial charge in [-0.2, -0.15) is 0 Å². The molecule has 0 saturated heterocycles. The van der Waals surface area contributed by atoms with Crippen LogP contribution in [0.1, 0.15) is 48.1 Å². The van der Waals surface area contributed by atoms with Crippen LogP contribution in [-0.2, 0) is 6.54 Å². The van der Waals surface area contributed by atoms with Gasteiger partial charge >= 0.3 is 12.0 Å². The molecule has 1 saturated carbocycles. The predicted molar refractivity (Wildman–Crippen MR) is 71.3 cm³/mol. The minimum Gasteiger partial charge on any atom is -0.476 e. The Kier molecular flexibility index (Phi) is 4.04. The molecule has 7 heteroatoms. The van der Waals surface area contributed by atoms with Crippen molar-refractivity contribution >= 4 is 23.3 Å². The molecule has 1 aliphatic carbocycles. The number of rotatable bonds is 4. The van der Waals surface area contributed by atoms with E-state index in [2.05, 4.69) is 15.6 Å². The number of urea groups is 1. The maximum absolute atomic E-state index is 11.8. The summed E-state index contributed by atoms with van der Waals surface area (Å²) >= 11 is 1.23. The van der Waals surface area contributed by atoms with Gasteiger partial charge in [-0.25, -0.2) is 14.6 Å². The van der Waals surface area contributed by atoms with E-state index in [9.17, 15) is 9.59 Å². The molecular formula is C12H17N3O3S. The second-order valence-corrected chi connectivity index (χ2v) is 5.95. The van der Waals surface area contributed by atoms with Crippen molar-refractivity contribution in [3.05, 3.63) is 16.1 Å². The van der Waals surface area contributed by atoms with Crippen molar-refractivity contribution in [1.29, 1.82) is 0 Å². The molecule has 0 radical (unpaired) electrons. The van der Waals surface area contributed by atoms with Crippen molar-refractivity contribution < 1.29 is 14.7 Å². The summed E-state index contributed by atoms with van der Waals surface area (Å²) in [6.45, 7) is 2.30. The number of carbonyl (C=O) groups excluding carboxylic acids is 1. The van der Waals surface area contributed by atoms with Crippen LogP contribution in [0.5, 0.6) is 0 Å². The van der Waals surface area contributed by atoms with Crippen LogP contribution in [0, 0.1) is 0 Å². The summed E-state index contributed by atoms with van der Waals surface area (Å²) in [5.74, 6) is -1.05. The first-order valence-corrected chi connectivity index (χ1v) is 7.10. The average molecular weight is 283 g/mol. The summed E-state index contributed by atoms with van der Waals surface area (Å²) in [6, 6.07) is -0.225. The summed E-state index contributed by atoms with van der Waals surface area (Å²) < 4.78 is 0. The molecule has 2 rings (SSSR count). The molecular weight excluding hydrogens is 266 g/mol. The molecule has 1 aromatic heterocycles. The highest BCUT2D eigenvalue weighted by Crippen LogP contribution is 2.28. The number of carboxylic acid groups (broad SMARTS) is 1. The van der Waals surface area contributed by atoms with Gasteiger partial charge in [0.15, 0.2) is 5.69 Å². The molecule has 6 nitrogen and oxygen atoms in total. The Balaban J connectivity index is 1.81. The molecule has 1 heterocycles. The Morgan fingerprint density at radius 3 is 2.74 bits per heavy atom. The van der Waals surface area contributed by atoms with Gasteiger partial charge in [0, 0.05) is 10.9 Å². The molecule has 0 unspecified atom stereocenters. The Hall–Kier alpha value is -1.63. The number of aromatic nitrogens is 1. The normalized spacial score (nSPS) is 17.1. The van der Waals surface area contributed by atoms with Crippen LogP contribution in [0.25, 0.3) is 0 Å². The van der Waals surface area contributed by atoms with Gasteiger partial charge in [-0.1, -0.05) is 12.8 Å². The molecule has 3 N–H and O–H groups in total. The van der Waals surface area contributed by atoms with Gasteiger partial charge in [-0.05, 0) is 19.8 Å². The zero-order valence-corrected chi connectivity index (χ0v) is 11.5. The van der Waals surface area contributed by atoms with E-state index in [1.807, 2.05) is 6.92 Å². The standard InChI is InChI=1S/C12H17N3O3S/c1-12(4-2-3-5-12)15-11(18)13-6-9-14-8(7-19-9)10(16)17/h7H,2-6H2,1H3,(H,16,17)(H2,13,15,18). The third-order valence-electron chi connectivity index (χ3n) is 3.29. The average Bonchev–Trinajstić information content (AvgIpc) is 2.95. The van der Waals surface area contributed by atoms with Crippen LogP contribution in [0.3, 0.4) is 0 Å². The molecule has 0 bridgehead atoms. The van der Waals surface area contributed by atoms with E-state index in [-0.39, 0.29) is 23.8 Å². The van der Waals surface area contributed by atoms with E-state index in [4.69, 9.17) is 5.11 Å². The van der Waals surface area contributed by atoms with Crippen LogP contribution in [-0.4, -0.2) is 27.6 Å². The molecule has 104 valence electrons. The van der Waals surface area contributed by atoms with Crippen molar-refractivity contribution in [3.8, 4) is 0 Å². The fourth-order valence-electron chi connectivity index (χ4n) is 2.24. The second-order valence-electron chi connectivity index (χ2n) is 5.01. The van der Waals surface area contributed by atoms with Crippen LogP contribution in [0.2, 0.25) is 0 Å². The fourth-order valence-corrected chi connectivity index (χ4v) is 2.95. The highest BCUT2D eigenvalue weighted by molar-refractivity contribution is 7.09. The van der Waals surface area contributed by atoms with E-state index >= 15 is 0 Å². The third-order valence-corrected chi connectivity index (χ3v) is 4.14. The zero-order chi connectivity index (χ0) is 13.9. The highest BCUT2D eigenvalue weighted by atomic mass is 32.1. The maximum Gasteiger partial charge on any atom is 0.355 e. The van der Waals surface area contributed by atoms with Gasteiger partial charge in [0.25, 0.3) is 0 Å². The fraction of sp³-hybridized carbons (Fsp3) is 0.583. The molecule has 1 aliphatic rings. The number of hydrogen-bond donors (Lipinski definition) is 3. The van der Waals surface area contributed by atoms with Crippen molar-refractivity contribution in [1.82, 2.24) is 15.6 Å². The lowest BCUT2D eigenvalue weighted by Crippen LogP contribution is -2.48. The number of amides is 2. The Morgan fingerprint density at radius 1 is 1.47 bits per heavy atom. The quantitative estimate of drug-likeness (QED) is 0.788. The first-order chi connectivity index (χ1) is 8.98. The van der Waals surface area contributed by atoms with Crippen LogP contribution < -0.4 is 10.6 Å². The van der Waals surface area contributed by atoms with Crippen LogP contribution in [0.15, 0.2) is 5.38 Å². The number of nitrogens with one attached hydrogen (secondary N) is 2. The van der Waals surface area contributed by atoms with Crippen molar-refractivity contribution in [2.24, 2.45) is 0 Å². The highest BCUT2D eigenvalue weighted by Gasteiger charge is 2.29. The van der Waals surface area contributed by atoms with Crippen molar-refractivity contribution in [3.63, 3.8) is 0 Å². The lowest BCUT2D eigenvalue weighted by Gasteiger charge is -2.25. The first-order valence-electron chi connectivity index (χ1n) is 6.22. The molecule has 2 amide bonds. The van der Waals surface area contributed by atoms with Crippen LogP contribution in [0.4, 0.5) is 4.79 Å². The third kappa shape index (κ3) is 3.66. The predicted octanol–water partition coefficient (Wildman–Crippen LogP) is 1.97. The Labute approximate surface area is 115 Å². The minimum absolute atomic E-state index is 0.0185. The smallest absolute Gasteiger partial charge is 0.355 e. The minimum atomic E-state index is -1.05. The second kappa shape index (κ2) is 5.56. The summed E-state index contributed by atoms with van der Waals surface area (Å²) in [6.07, 6.45) is 4.29. The van der Waals surface area contributed by atoms with E-state index in [0.29, 0.717) is 5.01 Å². The van der Waals surface area contributed by atoms with Crippen molar-refractivity contribution in [2.75, 3.05) is 0 Å². The van der Waals surface area contributed by atoms with E-state index in [1.165, 1.54) is 16.7 Å². The summed E-state index contributed by atoms with van der Waals surface area (Å²) in [7, 11) is 0. The lowest BCUT2D eigenvalue weighted by molar-refractivity contribution is 0.0691. The molecule has 19 heavy (non-hydrogen) atoms. The summed E-state index contributed by atoms with van der Waals surface area (Å²) in [5.41, 5.74) is -0.0934.